The van der Waals surface area contributed by atoms with Crippen molar-refractivity contribution in [2.24, 2.45) is 0 Å². The van der Waals surface area contributed by atoms with Crippen molar-refractivity contribution in [2.75, 3.05) is 20.2 Å². The van der Waals surface area contributed by atoms with Crippen molar-refractivity contribution >= 4 is 16.8 Å². The predicted molar refractivity (Wildman–Crippen MR) is 76.4 cm³/mol. The highest BCUT2D eigenvalue weighted by atomic mass is 16.3. The minimum absolute atomic E-state index is 0.0226. The zero-order valence-corrected chi connectivity index (χ0v) is 11.6. The fraction of sp³-hybridized carbons (Fsp3) is 0.400. The number of hydrogen-bond acceptors (Lipinski definition) is 2. The van der Waals surface area contributed by atoms with Gasteiger partial charge in [-0.2, -0.15) is 0 Å². The van der Waals surface area contributed by atoms with E-state index in [2.05, 4.69) is 18.4 Å². The topological polar surface area (TPSA) is 45.5 Å². The molecular formula is C15H20N2O2. The predicted octanol–water partition coefficient (Wildman–Crippen LogP) is 2.29. The second kappa shape index (κ2) is 5.45. The van der Waals surface area contributed by atoms with Crippen LogP contribution in [0.15, 0.2) is 30.5 Å². The summed E-state index contributed by atoms with van der Waals surface area (Å²) in [5, 5.41) is 9.89. The van der Waals surface area contributed by atoms with Gasteiger partial charge in [-0.05, 0) is 32.0 Å². The number of carbonyl (C=O) groups excluding carboxylic acids is 1. The van der Waals surface area contributed by atoms with E-state index in [1.165, 1.54) is 0 Å². The van der Waals surface area contributed by atoms with Crippen molar-refractivity contribution in [2.45, 2.75) is 19.9 Å². The molecule has 0 unspecified atom stereocenters. The number of fused-ring (bicyclic) bond motifs is 1. The first kappa shape index (κ1) is 13.6. The maximum absolute atomic E-state index is 12.3. The molecule has 4 nitrogen and oxygen atoms in total. The first-order valence-electron chi connectivity index (χ1n) is 6.52. The largest absolute Gasteiger partial charge is 0.395 e. The highest BCUT2D eigenvalue weighted by molar-refractivity contribution is 6.06. The number of aromatic nitrogens is 1. The average Bonchev–Trinajstić information content (AvgIpc) is 2.81. The third-order valence-electron chi connectivity index (χ3n) is 3.33. The molecule has 0 atom stereocenters. The molecule has 1 aromatic heterocycles. The first-order valence-corrected chi connectivity index (χ1v) is 6.52. The lowest BCUT2D eigenvalue weighted by Gasteiger charge is -2.16. The summed E-state index contributed by atoms with van der Waals surface area (Å²) in [5.41, 5.74) is 1.76. The number of hydrogen-bond donors (Lipinski definition) is 1. The van der Waals surface area contributed by atoms with Crippen LogP contribution in [0.2, 0.25) is 0 Å². The first-order chi connectivity index (χ1) is 9.06. The van der Waals surface area contributed by atoms with Gasteiger partial charge in [0.05, 0.1) is 6.61 Å². The Kier molecular flexibility index (Phi) is 3.90. The summed E-state index contributed by atoms with van der Waals surface area (Å²) in [7, 11) is 1.71. The summed E-state index contributed by atoms with van der Waals surface area (Å²) >= 11 is 0. The van der Waals surface area contributed by atoms with E-state index in [9.17, 15) is 4.79 Å². The average molecular weight is 260 g/mol. The van der Waals surface area contributed by atoms with E-state index in [1.54, 1.807) is 11.9 Å². The molecule has 1 aromatic carbocycles. The maximum atomic E-state index is 12.3. The van der Waals surface area contributed by atoms with Crippen LogP contribution < -0.4 is 0 Å². The summed E-state index contributed by atoms with van der Waals surface area (Å²) in [6, 6.07) is 8.11. The maximum Gasteiger partial charge on any atom is 0.254 e. The van der Waals surface area contributed by atoms with E-state index in [0.29, 0.717) is 18.2 Å². The molecule has 0 bridgehead atoms. The highest BCUT2D eigenvalue weighted by Crippen LogP contribution is 2.24. The summed E-state index contributed by atoms with van der Waals surface area (Å²) in [6.45, 7) is 4.56. The Balaban J connectivity index is 2.47. The van der Waals surface area contributed by atoms with Gasteiger partial charge in [0.2, 0.25) is 0 Å². The lowest BCUT2D eigenvalue weighted by Crippen LogP contribution is -2.29. The van der Waals surface area contributed by atoms with Crippen molar-refractivity contribution in [3.8, 4) is 0 Å². The smallest absolute Gasteiger partial charge is 0.254 e. The van der Waals surface area contributed by atoms with Crippen LogP contribution >= 0.6 is 0 Å². The third kappa shape index (κ3) is 2.49. The Morgan fingerprint density at radius 3 is 2.74 bits per heavy atom. The molecule has 1 N–H and O–H groups in total. The molecule has 0 aliphatic heterocycles. The molecule has 2 rings (SSSR count). The molecular weight excluding hydrogens is 240 g/mol. The van der Waals surface area contributed by atoms with Gasteiger partial charge in [0, 0.05) is 42.3 Å². The zero-order valence-electron chi connectivity index (χ0n) is 11.6. The quantitative estimate of drug-likeness (QED) is 0.916. The number of aliphatic hydroxyl groups is 1. The summed E-state index contributed by atoms with van der Waals surface area (Å²) < 4.78 is 2.15. The van der Waals surface area contributed by atoms with Gasteiger partial charge < -0.3 is 14.6 Å². The molecule has 19 heavy (non-hydrogen) atoms. The van der Waals surface area contributed by atoms with Crippen molar-refractivity contribution in [1.82, 2.24) is 9.47 Å². The van der Waals surface area contributed by atoms with Gasteiger partial charge in [0.25, 0.3) is 5.91 Å². The van der Waals surface area contributed by atoms with Gasteiger partial charge >= 0.3 is 0 Å². The number of rotatable bonds is 4. The summed E-state index contributed by atoms with van der Waals surface area (Å²) in [4.78, 5) is 13.9. The molecule has 0 spiro atoms. The summed E-state index contributed by atoms with van der Waals surface area (Å²) in [6.07, 6.45) is 2.01. The van der Waals surface area contributed by atoms with E-state index in [1.807, 2.05) is 30.5 Å². The van der Waals surface area contributed by atoms with Crippen LogP contribution in [0, 0.1) is 0 Å². The Morgan fingerprint density at radius 1 is 1.37 bits per heavy atom. The monoisotopic (exact) mass is 260 g/mol. The van der Waals surface area contributed by atoms with Gasteiger partial charge in [0.1, 0.15) is 0 Å². The molecule has 1 heterocycles. The Labute approximate surface area is 113 Å². The minimum Gasteiger partial charge on any atom is -0.395 e. The van der Waals surface area contributed by atoms with Gasteiger partial charge in [-0.15, -0.1) is 0 Å². The van der Waals surface area contributed by atoms with Crippen molar-refractivity contribution in [3.05, 3.63) is 36.0 Å². The minimum atomic E-state index is -0.0545. The molecule has 4 heteroatoms. The molecule has 0 fully saturated rings. The van der Waals surface area contributed by atoms with Crippen LogP contribution in [0.3, 0.4) is 0 Å². The number of likely N-dealkylation sites (N-methyl/N-ethyl adjacent to an activating group) is 1. The van der Waals surface area contributed by atoms with Crippen molar-refractivity contribution < 1.29 is 9.90 Å². The van der Waals surface area contributed by atoms with Crippen LogP contribution in [0.4, 0.5) is 0 Å². The lowest BCUT2D eigenvalue weighted by atomic mass is 10.1. The normalized spacial score (nSPS) is 11.2. The molecule has 2 aromatic rings. The second-order valence-corrected chi connectivity index (χ2v) is 5.01. The fourth-order valence-corrected chi connectivity index (χ4v) is 2.28. The highest BCUT2D eigenvalue weighted by Gasteiger charge is 2.16. The van der Waals surface area contributed by atoms with E-state index in [-0.39, 0.29) is 12.5 Å². The molecule has 0 saturated carbocycles. The fourth-order valence-electron chi connectivity index (χ4n) is 2.28. The third-order valence-corrected chi connectivity index (χ3v) is 3.33. The Bertz CT molecular complexity index is 587. The van der Waals surface area contributed by atoms with Gasteiger partial charge in [-0.3, -0.25) is 4.79 Å². The standard InChI is InChI=1S/C15H20N2O2/c1-11(2)17-8-7-12-13(5-4-6-14(12)17)15(19)16(3)9-10-18/h4-8,11,18H,9-10H2,1-3H3. The van der Waals surface area contributed by atoms with Crippen LogP contribution in [0.5, 0.6) is 0 Å². The molecule has 0 saturated heterocycles. The number of benzene rings is 1. The Hall–Kier alpha value is -1.81. The number of nitrogens with zero attached hydrogens (tertiary/aromatic N) is 2. The van der Waals surface area contributed by atoms with Crippen LogP contribution in [0.25, 0.3) is 10.9 Å². The number of aliphatic hydroxyl groups excluding tert-OH is 1. The van der Waals surface area contributed by atoms with E-state index in [0.717, 1.165) is 10.9 Å². The molecule has 0 aliphatic rings. The molecule has 1 amide bonds. The molecule has 0 aliphatic carbocycles. The van der Waals surface area contributed by atoms with Gasteiger partial charge in [-0.1, -0.05) is 6.07 Å². The van der Waals surface area contributed by atoms with Crippen LogP contribution in [0.1, 0.15) is 30.2 Å². The number of carbonyl (C=O) groups is 1. The van der Waals surface area contributed by atoms with Gasteiger partial charge in [-0.25, -0.2) is 0 Å². The summed E-state index contributed by atoms with van der Waals surface area (Å²) in [5.74, 6) is -0.0545. The van der Waals surface area contributed by atoms with Gasteiger partial charge in [0.15, 0.2) is 0 Å². The van der Waals surface area contributed by atoms with E-state index in [4.69, 9.17) is 5.11 Å². The van der Waals surface area contributed by atoms with Crippen molar-refractivity contribution in [1.29, 1.82) is 0 Å². The molecule has 0 radical (unpaired) electrons. The van der Waals surface area contributed by atoms with E-state index < -0.39 is 0 Å². The van der Waals surface area contributed by atoms with Crippen molar-refractivity contribution in [3.63, 3.8) is 0 Å². The Morgan fingerprint density at radius 2 is 2.11 bits per heavy atom. The van der Waals surface area contributed by atoms with Crippen LogP contribution in [-0.2, 0) is 0 Å². The van der Waals surface area contributed by atoms with Crippen LogP contribution in [-0.4, -0.2) is 40.7 Å². The zero-order chi connectivity index (χ0) is 14.0. The second-order valence-electron chi connectivity index (χ2n) is 5.01. The SMILES string of the molecule is CC(C)n1ccc2c(C(=O)N(C)CCO)cccc21. The number of amides is 1. The lowest BCUT2D eigenvalue weighted by molar-refractivity contribution is 0.0769. The molecule has 102 valence electrons. The van der Waals surface area contributed by atoms with E-state index >= 15 is 0 Å².